The molecule has 0 radical (unpaired) electrons. The molecular formula is C28H31N3O4. The molecule has 1 saturated heterocycles. The van der Waals surface area contributed by atoms with Crippen LogP contribution in [0, 0.1) is 6.92 Å². The van der Waals surface area contributed by atoms with Gasteiger partial charge in [0.1, 0.15) is 5.60 Å². The predicted molar refractivity (Wildman–Crippen MR) is 134 cm³/mol. The minimum Gasteiger partial charge on any atom is -0.481 e. The number of methoxy groups -OCH3 is 1. The number of aromatic nitrogens is 1. The zero-order valence-electron chi connectivity index (χ0n) is 20.4. The molecule has 7 heteroatoms. The van der Waals surface area contributed by atoms with Crippen LogP contribution in [0.2, 0.25) is 0 Å². The average molecular weight is 474 g/mol. The van der Waals surface area contributed by atoms with Crippen LogP contribution in [0.25, 0.3) is 11.1 Å². The van der Waals surface area contributed by atoms with Crippen LogP contribution in [0.3, 0.4) is 0 Å². The highest BCUT2D eigenvalue weighted by molar-refractivity contribution is 5.74. The van der Waals surface area contributed by atoms with Gasteiger partial charge in [0.05, 0.1) is 13.2 Å². The van der Waals surface area contributed by atoms with Crippen molar-refractivity contribution in [3.63, 3.8) is 0 Å². The van der Waals surface area contributed by atoms with Gasteiger partial charge in [-0.3, -0.25) is 4.79 Å². The number of hydrogen-bond donors (Lipinski definition) is 1. The molecule has 2 amide bonds. The fourth-order valence-electron chi connectivity index (χ4n) is 4.53. The fraction of sp³-hybridized carbons (Fsp3) is 0.321. The zero-order valence-corrected chi connectivity index (χ0v) is 20.4. The highest BCUT2D eigenvalue weighted by atomic mass is 16.6. The van der Waals surface area contributed by atoms with Crippen LogP contribution in [0.5, 0.6) is 5.88 Å². The molecule has 3 aromatic rings. The highest BCUT2D eigenvalue weighted by Gasteiger charge is 2.43. The van der Waals surface area contributed by atoms with Crippen molar-refractivity contribution >= 4 is 12.0 Å². The Morgan fingerprint density at radius 2 is 1.80 bits per heavy atom. The minimum absolute atomic E-state index is 0.151. The lowest BCUT2D eigenvalue weighted by atomic mass is 9.84. The number of nitrogens with zero attached hydrogens (tertiary/aromatic N) is 2. The van der Waals surface area contributed by atoms with Crippen LogP contribution in [0.15, 0.2) is 66.9 Å². The van der Waals surface area contributed by atoms with Gasteiger partial charge in [-0.15, -0.1) is 0 Å². The van der Waals surface area contributed by atoms with Gasteiger partial charge in [-0.25, -0.2) is 9.78 Å². The zero-order chi connectivity index (χ0) is 25.0. The lowest BCUT2D eigenvalue weighted by molar-refractivity contribution is -0.121. The topological polar surface area (TPSA) is 94.8 Å². The maximum Gasteiger partial charge on any atom is 0.411 e. The Morgan fingerprint density at radius 1 is 1.11 bits per heavy atom. The third kappa shape index (κ3) is 5.29. The SMILES string of the molecule is COc1ccc(-c2ccc([C@H](C)N3CC[C@](CCC(N)=O)(c4ccc(C)cc4)OC3=O)cc2)cn1. The summed E-state index contributed by atoms with van der Waals surface area (Å²) in [7, 11) is 1.59. The molecule has 1 aliphatic rings. The van der Waals surface area contributed by atoms with Crippen molar-refractivity contribution in [2.45, 2.75) is 44.8 Å². The van der Waals surface area contributed by atoms with Crippen molar-refractivity contribution in [3.05, 3.63) is 83.6 Å². The smallest absolute Gasteiger partial charge is 0.411 e. The second-order valence-electron chi connectivity index (χ2n) is 9.03. The van der Waals surface area contributed by atoms with Crippen molar-refractivity contribution < 1.29 is 19.1 Å². The number of amides is 2. The van der Waals surface area contributed by atoms with E-state index in [2.05, 4.69) is 4.98 Å². The Bertz CT molecular complexity index is 1180. The number of rotatable bonds is 8. The van der Waals surface area contributed by atoms with E-state index in [4.69, 9.17) is 15.2 Å². The van der Waals surface area contributed by atoms with Gasteiger partial charge in [-0.2, -0.15) is 0 Å². The number of primary amides is 1. The maximum atomic E-state index is 13.2. The van der Waals surface area contributed by atoms with Gasteiger partial charge in [0.25, 0.3) is 0 Å². The Hall–Kier alpha value is -3.87. The molecule has 0 saturated carbocycles. The van der Waals surface area contributed by atoms with E-state index < -0.39 is 17.6 Å². The number of aryl methyl sites for hydroxylation is 1. The van der Waals surface area contributed by atoms with Gasteiger partial charge >= 0.3 is 6.09 Å². The first kappa shape index (κ1) is 24.3. The molecule has 0 aliphatic carbocycles. The van der Waals surface area contributed by atoms with Gasteiger partial charge in [0.15, 0.2) is 0 Å². The summed E-state index contributed by atoms with van der Waals surface area (Å²) in [5.74, 6) is 0.163. The number of ether oxygens (including phenoxy) is 2. The van der Waals surface area contributed by atoms with E-state index in [9.17, 15) is 9.59 Å². The highest BCUT2D eigenvalue weighted by Crippen LogP contribution is 2.40. The molecule has 2 atom stereocenters. The Morgan fingerprint density at radius 3 is 2.37 bits per heavy atom. The first-order valence-corrected chi connectivity index (χ1v) is 11.8. The molecule has 0 bridgehead atoms. The summed E-state index contributed by atoms with van der Waals surface area (Å²) in [5, 5.41) is 0. The largest absolute Gasteiger partial charge is 0.481 e. The van der Waals surface area contributed by atoms with Crippen molar-refractivity contribution in [3.8, 4) is 17.0 Å². The van der Waals surface area contributed by atoms with E-state index in [0.29, 0.717) is 25.3 Å². The molecule has 1 fully saturated rings. The maximum absolute atomic E-state index is 13.2. The number of pyridine rings is 1. The molecule has 0 spiro atoms. The van der Waals surface area contributed by atoms with Crippen LogP contribution >= 0.6 is 0 Å². The molecule has 0 unspecified atom stereocenters. The van der Waals surface area contributed by atoms with Gasteiger partial charge in [0, 0.05) is 43.6 Å². The van der Waals surface area contributed by atoms with Gasteiger partial charge < -0.3 is 20.1 Å². The van der Waals surface area contributed by atoms with E-state index in [1.54, 1.807) is 18.2 Å². The second kappa shape index (κ2) is 10.2. The van der Waals surface area contributed by atoms with Gasteiger partial charge in [-0.05, 0) is 36.6 Å². The summed E-state index contributed by atoms with van der Waals surface area (Å²) in [4.78, 5) is 30.8. The number of cyclic esters (lactones) is 1. The van der Waals surface area contributed by atoms with Crippen molar-refractivity contribution in [2.24, 2.45) is 5.73 Å². The third-order valence-electron chi connectivity index (χ3n) is 6.77. The number of hydrogen-bond acceptors (Lipinski definition) is 5. The third-order valence-corrected chi connectivity index (χ3v) is 6.77. The lowest BCUT2D eigenvalue weighted by Gasteiger charge is -2.43. The van der Waals surface area contributed by atoms with Crippen LogP contribution < -0.4 is 10.5 Å². The molecule has 182 valence electrons. The molecule has 2 N–H and O–H groups in total. The average Bonchev–Trinajstić information content (AvgIpc) is 2.88. The van der Waals surface area contributed by atoms with Crippen molar-refractivity contribution in [2.75, 3.05) is 13.7 Å². The first-order valence-electron chi connectivity index (χ1n) is 11.8. The van der Waals surface area contributed by atoms with Crippen LogP contribution in [-0.2, 0) is 15.1 Å². The summed E-state index contributed by atoms with van der Waals surface area (Å²) in [6.45, 7) is 4.51. The first-order chi connectivity index (χ1) is 16.8. The number of carbonyl (C=O) groups excluding carboxylic acids is 2. The van der Waals surface area contributed by atoms with Crippen LogP contribution in [0.4, 0.5) is 4.79 Å². The van der Waals surface area contributed by atoms with Gasteiger partial charge in [-0.1, -0.05) is 54.1 Å². The van der Waals surface area contributed by atoms with E-state index in [1.807, 2.05) is 74.5 Å². The molecule has 1 aliphatic heterocycles. The van der Waals surface area contributed by atoms with E-state index in [0.717, 1.165) is 27.8 Å². The second-order valence-corrected chi connectivity index (χ2v) is 9.03. The molecule has 7 nitrogen and oxygen atoms in total. The normalized spacial score (nSPS) is 18.6. The molecular weight excluding hydrogens is 442 g/mol. The summed E-state index contributed by atoms with van der Waals surface area (Å²) < 4.78 is 11.2. The molecule has 35 heavy (non-hydrogen) atoms. The molecule has 2 aromatic carbocycles. The summed E-state index contributed by atoms with van der Waals surface area (Å²) >= 11 is 0. The lowest BCUT2D eigenvalue weighted by Crippen LogP contribution is -2.49. The quantitative estimate of drug-likeness (QED) is 0.489. The predicted octanol–water partition coefficient (Wildman–Crippen LogP) is 5.13. The fourth-order valence-corrected chi connectivity index (χ4v) is 4.53. The molecule has 2 heterocycles. The summed E-state index contributed by atoms with van der Waals surface area (Å²) in [6.07, 6.45) is 2.48. The van der Waals surface area contributed by atoms with Crippen molar-refractivity contribution in [1.82, 2.24) is 9.88 Å². The van der Waals surface area contributed by atoms with E-state index in [1.165, 1.54) is 0 Å². The minimum atomic E-state index is -0.860. The molecule has 4 rings (SSSR count). The molecule has 1 aromatic heterocycles. The Labute approximate surface area is 205 Å². The Balaban J connectivity index is 1.50. The standard InChI is InChI=1S/C28H31N3O4/c1-19-4-11-24(12-5-19)28(15-14-25(29)32)16-17-31(27(33)35-28)20(2)21-6-8-22(9-7-21)23-10-13-26(34-3)30-18-23/h4-13,18,20H,14-17H2,1-3H3,(H2,29,32)/t20-,28+/m0/s1. The van der Waals surface area contributed by atoms with Crippen LogP contribution in [0.1, 0.15) is 48.9 Å². The number of benzene rings is 2. The van der Waals surface area contributed by atoms with Crippen molar-refractivity contribution in [1.29, 1.82) is 0 Å². The summed E-state index contributed by atoms with van der Waals surface area (Å²) in [6, 6.07) is 19.6. The number of nitrogens with two attached hydrogens (primary N) is 1. The van der Waals surface area contributed by atoms with Gasteiger partial charge in [0.2, 0.25) is 11.8 Å². The number of carbonyl (C=O) groups is 2. The van der Waals surface area contributed by atoms with E-state index in [-0.39, 0.29) is 12.5 Å². The monoisotopic (exact) mass is 473 g/mol. The van der Waals surface area contributed by atoms with Crippen LogP contribution in [-0.4, -0.2) is 35.5 Å². The Kier molecular flexibility index (Phi) is 7.05. The summed E-state index contributed by atoms with van der Waals surface area (Å²) in [5.41, 5.74) is 9.59. The van der Waals surface area contributed by atoms with E-state index >= 15 is 0 Å².